The molecule has 1 heterocycles. The van der Waals surface area contributed by atoms with E-state index in [1.165, 1.54) is 12.1 Å². The molecule has 1 aromatic heterocycles. The summed E-state index contributed by atoms with van der Waals surface area (Å²) in [5.74, 6) is -0.594. The second-order valence-electron chi connectivity index (χ2n) is 6.19. The molecule has 0 aliphatic carbocycles. The van der Waals surface area contributed by atoms with E-state index in [0.717, 1.165) is 4.90 Å². The molecule has 0 aliphatic rings. The van der Waals surface area contributed by atoms with Crippen LogP contribution in [0.3, 0.4) is 0 Å². The van der Waals surface area contributed by atoms with Crippen LogP contribution in [0, 0.1) is 11.3 Å². The Hall–Kier alpha value is -3.08. The lowest BCUT2D eigenvalue weighted by Crippen LogP contribution is -2.29. The van der Waals surface area contributed by atoms with E-state index in [-0.39, 0.29) is 28.5 Å². The van der Waals surface area contributed by atoms with E-state index in [0.29, 0.717) is 22.8 Å². The van der Waals surface area contributed by atoms with Crippen molar-refractivity contribution in [2.24, 2.45) is 0 Å². The summed E-state index contributed by atoms with van der Waals surface area (Å²) >= 11 is 12.1. The van der Waals surface area contributed by atoms with E-state index in [9.17, 15) is 23.2 Å². The number of anilines is 2. The molecule has 9 heteroatoms. The number of hydrogen-bond donors (Lipinski definition) is 0. The molecule has 0 atom stereocenters. The van der Waals surface area contributed by atoms with Crippen molar-refractivity contribution < 1.29 is 18.0 Å². The van der Waals surface area contributed by atoms with Gasteiger partial charge in [-0.1, -0.05) is 47.5 Å². The van der Waals surface area contributed by atoms with Crippen molar-refractivity contribution in [3.05, 3.63) is 87.7 Å². The number of aromatic nitrogens is 1. The fourth-order valence-corrected chi connectivity index (χ4v) is 3.10. The average Bonchev–Trinajstić information content (AvgIpc) is 2.70. The summed E-state index contributed by atoms with van der Waals surface area (Å²) in [6.07, 6.45) is -4.32. The van der Waals surface area contributed by atoms with Crippen LogP contribution in [0.1, 0.15) is 16.8 Å². The van der Waals surface area contributed by atoms with E-state index in [4.69, 9.17) is 23.2 Å². The number of nitriles is 1. The van der Waals surface area contributed by atoms with Gasteiger partial charge in [0, 0.05) is 11.2 Å². The zero-order valence-electron chi connectivity index (χ0n) is 15.1. The van der Waals surface area contributed by atoms with Crippen LogP contribution in [-0.4, -0.2) is 10.9 Å². The van der Waals surface area contributed by atoms with Gasteiger partial charge >= 0.3 is 6.18 Å². The molecule has 0 saturated carbocycles. The molecule has 2 aromatic carbocycles. The van der Waals surface area contributed by atoms with E-state index in [1.807, 2.05) is 0 Å². The monoisotopic (exact) mass is 449 g/mol. The predicted octanol–water partition coefficient (Wildman–Crippen LogP) is 6.19. The predicted molar refractivity (Wildman–Crippen MR) is 108 cm³/mol. The van der Waals surface area contributed by atoms with Gasteiger partial charge in [0.1, 0.15) is 6.07 Å². The van der Waals surface area contributed by atoms with Crippen LogP contribution in [0.5, 0.6) is 0 Å². The lowest BCUT2D eigenvalue weighted by Gasteiger charge is -2.25. The minimum atomic E-state index is -4.71. The van der Waals surface area contributed by atoms with Crippen LogP contribution in [0.4, 0.5) is 24.5 Å². The third-order valence-corrected chi connectivity index (χ3v) is 4.72. The van der Waals surface area contributed by atoms with Gasteiger partial charge in [-0.2, -0.15) is 18.4 Å². The first-order valence-electron chi connectivity index (χ1n) is 8.50. The van der Waals surface area contributed by atoms with Crippen molar-refractivity contribution in [3.63, 3.8) is 0 Å². The first-order chi connectivity index (χ1) is 14.2. The van der Waals surface area contributed by atoms with Gasteiger partial charge in [-0.05, 0) is 35.9 Å². The number of halogens is 5. The van der Waals surface area contributed by atoms with Crippen molar-refractivity contribution in [1.82, 2.24) is 4.98 Å². The summed E-state index contributed by atoms with van der Waals surface area (Å²) in [6.45, 7) is 0. The number of para-hydroxylation sites is 1. The van der Waals surface area contributed by atoms with Gasteiger partial charge in [0.15, 0.2) is 5.69 Å². The minimum Gasteiger partial charge on any atom is -0.276 e. The zero-order chi connectivity index (χ0) is 21.9. The molecule has 0 spiro atoms. The fourth-order valence-electron chi connectivity index (χ4n) is 2.75. The summed E-state index contributed by atoms with van der Waals surface area (Å²) in [6, 6.07) is 15.1. The minimum absolute atomic E-state index is 0.128. The van der Waals surface area contributed by atoms with Crippen LogP contribution in [0.15, 0.2) is 60.8 Å². The first kappa shape index (κ1) is 21.6. The van der Waals surface area contributed by atoms with Crippen molar-refractivity contribution in [2.45, 2.75) is 12.6 Å². The Morgan fingerprint density at radius 1 is 1.07 bits per heavy atom. The van der Waals surface area contributed by atoms with Gasteiger partial charge < -0.3 is 0 Å². The smallest absolute Gasteiger partial charge is 0.276 e. The van der Waals surface area contributed by atoms with Gasteiger partial charge in [-0.25, -0.2) is 4.98 Å². The molecule has 0 aliphatic heterocycles. The molecule has 0 saturated heterocycles. The molecule has 1 amide bonds. The highest BCUT2D eigenvalue weighted by Crippen LogP contribution is 2.37. The van der Waals surface area contributed by atoms with E-state index >= 15 is 0 Å². The number of carbonyl (C=O) groups excluding carboxylic acids is 1. The third kappa shape index (κ3) is 4.73. The summed E-state index contributed by atoms with van der Waals surface area (Å²) < 4.78 is 39.8. The highest BCUT2D eigenvalue weighted by atomic mass is 35.5. The SMILES string of the molecule is N#Cc1ncc(C(F)(F)F)cc1N(C(=O)Cc1ccc(Cl)cc1)c1ccccc1Cl. The number of hydrogen-bond acceptors (Lipinski definition) is 3. The lowest BCUT2D eigenvalue weighted by atomic mass is 10.1. The van der Waals surface area contributed by atoms with Crippen molar-refractivity contribution >= 4 is 40.5 Å². The topological polar surface area (TPSA) is 57.0 Å². The second kappa shape index (κ2) is 8.74. The number of alkyl halides is 3. The quantitative estimate of drug-likeness (QED) is 0.477. The molecule has 152 valence electrons. The van der Waals surface area contributed by atoms with Crippen molar-refractivity contribution in [3.8, 4) is 6.07 Å². The van der Waals surface area contributed by atoms with Crippen LogP contribution in [0.25, 0.3) is 0 Å². The normalized spacial score (nSPS) is 11.1. The Morgan fingerprint density at radius 3 is 2.33 bits per heavy atom. The molecule has 3 aromatic rings. The largest absolute Gasteiger partial charge is 0.417 e. The van der Waals surface area contributed by atoms with Crippen LogP contribution < -0.4 is 4.90 Å². The molecule has 0 radical (unpaired) electrons. The Morgan fingerprint density at radius 2 is 1.73 bits per heavy atom. The molecular weight excluding hydrogens is 438 g/mol. The van der Waals surface area contributed by atoms with Crippen molar-refractivity contribution in [2.75, 3.05) is 4.90 Å². The van der Waals surface area contributed by atoms with Crippen LogP contribution >= 0.6 is 23.2 Å². The lowest BCUT2D eigenvalue weighted by molar-refractivity contribution is -0.137. The molecule has 0 unspecified atom stereocenters. The molecule has 0 bridgehead atoms. The Bertz CT molecular complexity index is 1130. The van der Waals surface area contributed by atoms with E-state index in [2.05, 4.69) is 4.98 Å². The molecule has 3 rings (SSSR count). The second-order valence-corrected chi connectivity index (χ2v) is 7.03. The van der Waals surface area contributed by atoms with Gasteiger partial charge in [0.05, 0.1) is 28.4 Å². The number of amides is 1. The number of rotatable bonds is 4. The highest BCUT2D eigenvalue weighted by molar-refractivity contribution is 6.34. The van der Waals surface area contributed by atoms with E-state index in [1.54, 1.807) is 42.5 Å². The molecule has 30 heavy (non-hydrogen) atoms. The maximum atomic E-state index is 13.3. The number of benzene rings is 2. The molecule has 0 N–H and O–H groups in total. The van der Waals surface area contributed by atoms with Gasteiger partial charge in [-0.3, -0.25) is 9.69 Å². The van der Waals surface area contributed by atoms with Gasteiger partial charge in [0.2, 0.25) is 5.91 Å². The maximum absolute atomic E-state index is 13.3. The number of carbonyl (C=O) groups is 1. The summed E-state index contributed by atoms with van der Waals surface area (Å²) in [7, 11) is 0. The molecule has 4 nitrogen and oxygen atoms in total. The van der Waals surface area contributed by atoms with E-state index < -0.39 is 17.6 Å². The highest BCUT2D eigenvalue weighted by Gasteiger charge is 2.34. The van der Waals surface area contributed by atoms with Gasteiger partial charge in [-0.15, -0.1) is 0 Å². The molecular formula is C21H12Cl2F3N3O. The zero-order valence-corrected chi connectivity index (χ0v) is 16.6. The fraction of sp³-hybridized carbons (Fsp3) is 0.0952. The first-order valence-corrected chi connectivity index (χ1v) is 9.25. The van der Waals surface area contributed by atoms with Crippen molar-refractivity contribution in [1.29, 1.82) is 5.26 Å². The Labute approximate surface area is 180 Å². The summed E-state index contributed by atoms with van der Waals surface area (Å²) in [4.78, 5) is 17.8. The van der Waals surface area contributed by atoms with Gasteiger partial charge in [0.25, 0.3) is 0 Å². The average molecular weight is 450 g/mol. The number of nitrogens with zero attached hydrogens (tertiary/aromatic N) is 3. The standard InChI is InChI=1S/C21H12Cl2F3N3O/c22-15-7-5-13(6-8-15)9-20(30)29(18-4-2-1-3-16(18)23)19-10-14(21(24,25)26)12-28-17(19)11-27/h1-8,10,12H,9H2. The summed E-state index contributed by atoms with van der Waals surface area (Å²) in [5, 5.41) is 10.0. The summed E-state index contributed by atoms with van der Waals surface area (Å²) in [5.41, 5.74) is -1.02. The Kier molecular flexibility index (Phi) is 6.30. The third-order valence-electron chi connectivity index (χ3n) is 4.15. The molecule has 0 fully saturated rings. The van der Waals surface area contributed by atoms with Crippen LogP contribution in [0.2, 0.25) is 10.0 Å². The van der Waals surface area contributed by atoms with Crippen LogP contribution in [-0.2, 0) is 17.4 Å². The maximum Gasteiger partial charge on any atom is 0.417 e. The Balaban J connectivity index is 2.15. The number of pyridine rings is 1.